The minimum absolute atomic E-state index is 0.0519. The third-order valence-electron chi connectivity index (χ3n) is 2.30. The molecule has 0 aromatic carbocycles. The van der Waals surface area contributed by atoms with Crippen LogP contribution in [0.3, 0.4) is 0 Å². The predicted molar refractivity (Wildman–Crippen MR) is 52.1 cm³/mol. The lowest BCUT2D eigenvalue weighted by atomic mass is 10.1. The second kappa shape index (κ2) is 4.29. The molecule has 1 aliphatic heterocycles. The SMILES string of the molecule is CC#CC(=O)N1C(C)CNCC1C. The van der Waals surface area contributed by atoms with Gasteiger partial charge in [0.05, 0.1) is 0 Å². The zero-order chi connectivity index (χ0) is 9.84. The Morgan fingerprint density at radius 2 is 1.92 bits per heavy atom. The standard InChI is InChI=1S/C10H16N2O/c1-4-5-10(13)12-8(2)6-11-7-9(12)3/h8-9,11H,6-7H2,1-3H3. The first kappa shape index (κ1) is 10.1. The Balaban J connectivity index is 2.71. The molecule has 0 radical (unpaired) electrons. The van der Waals surface area contributed by atoms with Crippen LogP contribution in [-0.4, -0.2) is 36.0 Å². The van der Waals surface area contributed by atoms with Gasteiger partial charge in [0.1, 0.15) is 0 Å². The quantitative estimate of drug-likeness (QED) is 0.541. The van der Waals surface area contributed by atoms with Gasteiger partial charge < -0.3 is 10.2 Å². The highest BCUT2D eigenvalue weighted by atomic mass is 16.2. The van der Waals surface area contributed by atoms with Gasteiger partial charge in [0, 0.05) is 25.2 Å². The number of hydrogen-bond donors (Lipinski definition) is 1. The van der Waals surface area contributed by atoms with Crippen LogP contribution >= 0.6 is 0 Å². The summed E-state index contributed by atoms with van der Waals surface area (Å²) in [6.07, 6.45) is 0. The van der Waals surface area contributed by atoms with Gasteiger partial charge in [-0.1, -0.05) is 5.92 Å². The summed E-state index contributed by atoms with van der Waals surface area (Å²) in [4.78, 5) is 13.4. The van der Waals surface area contributed by atoms with E-state index in [1.807, 2.05) is 18.7 Å². The lowest BCUT2D eigenvalue weighted by Gasteiger charge is -2.38. The minimum Gasteiger partial charge on any atom is -0.324 e. The van der Waals surface area contributed by atoms with E-state index in [2.05, 4.69) is 17.2 Å². The van der Waals surface area contributed by atoms with Gasteiger partial charge in [0.25, 0.3) is 5.91 Å². The van der Waals surface area contributed by atoms with Crippen LogP contribution < -0.4 is 5.32 Å². The molecule has 2 atom stereocenters. The number of nitrogens with zero attached hydrogens (tertiary/aromatic N) is 1. The van der Waals surface area contributed by atoms with E-state index >= 15 is 0 Å². The number of piperazine rings is 1. The van der Waals surface area contributed by atoms with Crippen molar-refractivity contribution >= 4 is 5.91 Å². The summed E-state index contributed by atoms with van der Waals surface area (Å²) >= 11 is 0. The van der Waals surface area contributed by atoms with Gasteiger partial charge in [-0.25, -0.2) is 0 Å². The number of carbonyl (C=O) groups excluding carboxylic acids is 1. The molecule has 0 saturated carbocycles. The fourth-order valence-corrected chi connectivity index (χ4v) is 1.70. The maximum absolute atomic E-state index is 11.5. The van der Waals surface area contributed by atoms with Crippen molar-refractivity contribution in [3.8, 4) is 11.8 Å². The first-order valence-corrected chi connectivity index (χ1v) is 4.62. The first-order valence-electron chi connectivity index (χ1n) is 4.62. The molecule has 1 N–H and O–H groups in total. The summed E-state index contributed by atoms with van der Waals surface area (Å²) in [7, 11) is 0. The van der Waals surface area contributed by atoms with Crippen LogP contribution in [-0.2, 0) is 4.79 Å². The number of rotatable bonds is 0. The molecule has 1 rings (SSSR count). The molecular formula is C10H16N2O. The van der Waals surface area contributed by atoms with Crippen LogP contribution in [0, 0.1) is 11.8 Å². The molecule has 0 aromatic heterocycles. The Bertz CT molecular complexity index is 241. The summed E-state index contributed by atoms with van der Waals surface area (Å²) < 4.78 is 0. The second-order valence-electron chi connectivity index (χ2n) is 3.44. The summed E-state index contributed by atoms with van der Waals surface area (Å²) in [5.74, 6) is 5.18. The summed E-state index contributed by atoms with van der Waals surface area (Å²) in [5.41, 5.74) is 0. The lowest BCUT2D eigenvalue weighted by Crippen LogP contribution is -2.56. The molecule has 0 spiro atoms. The highest BCUT2D eigenvalue weighted by Crippen LogP contribution is 2.09. The van der Waals surface area contributed by atoms with Gasteiger partial charge in [0.2, 0.25) is 0 Å². The molecule has 3 nitrogen and oxygen atoms in total. The monoisotopic (exact) mass is 180 g/mol. The Morgan fingerprint density at radius 3 is 2.38 bits per heavy atom. The molecule has 0 aromatic rings. The smallest absolute Gasteiger partial charge is 0.299 e. The van der Waals surface area contributed by atoms with Crippen molar-refractivity contribution in [2.24, 2.45) is 0 Å². The van der Waals surface area contributed by atoms with Gasteiger partial charge in [-0.05, 0) is 26.7 Å². The molecule has 3 heteroatoms. The minimum atomic E-state index is -0.0519. The molecule has 1 aliphatic rings. The Labute approximate surface area is 79.5 Å². The van der Waals surface area contributed by atoms with Crippen LogP contribution in [0.1, 0.15) is 20.8 Å². The Morgan fingerprint density at radius 1 is 1.38 bits per heavy atom. The normalized spacial score (nSPS) is 27.8. The van der Waals surface area contributed by atoms with E-state index in [1.54, 1.807) is 6.92 Å². The number of hydrogen-bond acceptors (Lipinski definition) is 2. The van der Waals surface area contributed by atoms with Gasteiger partial charge in [-0.2, -0.15) is 0 Å². The zero-order valence-corrected chi connectivity index (χ0v) is 8.42. The third-order valence-corrected chi connectivity index (χ3v) is 2.30. The lowest BCUT2D eigenvalue weighted by molar-refractivity contribution is -0.130. The van der Waals surface area contributed by atoms with E-state index in [1.165, 1.54) is 0 Å². The maximum atomic E-state index is 11.5. The molecule has 72 valence electrons. The average molecular weight is 180 g/mol. The van der Waals surface area contributed by atoms with Gasteiger partial charge >= 0.3 is 0 Å². The Hall–Kier alpha value is -1.01. The molecule has 13 heavy (non-hydrogen) atoms. The van der Waals surface area contributed by atoms with Crippen LogP contribution in [0.5, 0.6) is 0 Å². The fraction of sp³-hybridized carbons (Fsp3) is 0.700. The van der Waals surface area contributed by atoms with Gasteiger partial charge in [-0.15, -0.1) is 0 Å². The van der Waals surface area contributed by atoms with E-state index < -0.39 is 0 Å². The second-order valence-corrected chi connectivity index (χ2v) is 3.44. The third kappa shape index (κ3) is 2.22. The number of amides is 1. The molecule has 0 bridgehead atoms. The fourth-order valence-electron chi connectivity index (χ4n) is 1.70. The van der Waals surface area contributed by atoms with E-state index in [0.29, 0.717) is 0 Å². The molecule has 1 heterocycles. The highest BCUT2D eigenvalue weighted by Gasteiger charge is 2.27. The van der Waals surface area contributed by atoms with Crippen molar-refractivity contribution in [1.29, 1.82) is 0 Å². The average Bonchev–Trinajstić information content (AvgIpc) is 2.04. The van der Waals surface area contributed by atoms with Crippen molar-refractivity contribution in [3.05, 3.63) is 0 Å². The van der Waals surface area contributed by atoms with Gasteiger partial charge in [0.15, 0.2) is 0 Å². The molecule has 0 aliphatic carbocycles. The van der Waals surface area contributed by atoms with E-state index in [0.717, 1.165) is 13.1 Å². The molecule has 1 amide bonds. The van der Waals surface area contributed by atoms with Crippen LogP contribution in [0.2, 0.25) is 0 Å². The van der Waals surface area contributed by atoms with Crippen molar-refractivity contribution < 1.29 is 4.79 Å². The Kier molecular flexibility index (Phi) is 3.32. The number of nitrogens with one attached hydrogen (secondary N) is 1. The van der Waals surface area contributed by atoms with Crippen molar-refractivity contribution in [2.75, 3.05) is 13.1 Å². The van der Waals surface area contributed by atoms with Crippen LogP contribution in [0.4, 0.5) is 0 Å². The van der Waals surface area contributed by atoms with E-state index in [-0.39, 0.29) is 18.0 Å². The predicted octanol–water partition coefficient (Wildman–Crippen LogP) is 0.218. The van der Waals surface area contributed by atoms with Crippen LogP contribution in [0.15, 0.2) is 0 Å². The molecule has 1 fully saturated rings. The first-order chi connectivity index (χ1) is 6.16. The largest absolute Gasteiger partial charge is 0.324 e. The summed E-state index contributed by atoms with van der Waals surface area (Å²) in [5, 5.41) is 3.27. The van der Waals surface area contributed by atoms with Gasteiger partial charge in [-0.3, -0.25) is 4.79 Å². The number of carbonyl (C=O) groups is 1. The molecule has 2 unspecified atom stereocenters. The molecular weight excluding hydrogens is 164 g/mol. The maximum Gasteiger partial charge on any atom is 0.299 e. The summed E-state index contributed by atoms with van der Waals surface area (Å²) in [6.45, 7) is 7.49. The van der Waals surface area contributed by atoms with Crippen molar-refractivity contribution in [1.82, 2.24) is 10.2 Å². The summed E-state index contributed by atoms with van der Waals surface area (Å²) in [6, 6.07) is 0.495. The van der Waals surface area contributed by atoms with Crippen molar-refractivity contribution in [2.45, 2.75) is 32.9 Å². The van der Waals surface area contributed by atoms with E-state index in [9.17, 15) is 4.79 Å². The topological polar surface area (TPSA) is 32.3 Å². The van der Waals surface area contributed by atoms with Crippen molar-refractivity contribution in [3.63, 3.8) is 0 Å². The zero-order valence-electron chi connectivity index (χ0n) is 8.42. The van der Waals surface area contributed by atoms with Crippen LogP contribution in [0.25, 0.3) is 0 Å². The highest BCUT2D eigenvalue weighted by molar-refractivity contribution is 5.94. The molecule has 1 saturated heterocycles. The van der Waals surface area contributed by atoms with E-state index in [4.69, 9.17) is 0 Å².